The molecule has 0 amide bonds. The lowest BCUT2D eigenvalue weighted by atomic mass is 10.2. The Kier molecular flexibility index (Phi) is 4.65. The predicted octanol–water partition coefficient (Wildman–Crippen LogP) is 5.03. The Morgan fingerprint density at radius 2 is 1.90 bits per heavy atom. The standard InChI is InChI=1S/C22H17ClN6O/c1-14-17(21(23)29(28-14)12-15-7-3-2-4-8-15)11-26-27-22-20-19(24-13-25-22)16-9-5-6-10-18(16)30-20/h2-11,13H,12H2,1H3,(H,24,25,27)/b26-11-. The van der Waals surface area contributed by atoms with Crippen LogP contribution in [0.25, 0.3) is 22.1 Å². The van der Waals surface area contributed by atoms with Crippen molar-refractivity contribution in [1.82, 2.24) is 19.7 Å². The fraction of sp³-hybridized carbons (Fsp3) is 0.0909. The van der Waals surface area contributed by atoms with Crippen molar-refractivity contribution in [3.8, 4) is 0 Å². The Morgan fingerprint density at radius 1 is 1.10 bits per heavy atom. The average Bonchev–Trinajstić information content (AvgIpc) is 3.27. The van der Waals surface area contributed by atoms with Crippen LogP contribution in [0.4, 0.5) is 5.82 Å². The maximum absolute atomic E-state index is 6.55. The normalized spacial score (nSPS) is 11.7. The minimum absolute atomic E-state index is 0.484. The summed E-state index contributed by atoms with van der Waals surface area (Å²) in [5.74, 6) is 0.484. The largest absolute Gasteiger partial charge is 0.450 e. The Hall–Kier alpha value is -3.71. The van der Waals surface area contributed by atoms with E-state index in [-0.39, 0.29) is 0 Å². The van der Waals surface area contributed by atoms with E-state index in [4.69, 9.17) is 16.0 Å². The lowest BCUT2D eigenvalue weighted by Gasteiger charge is -2.03. The molecule has 0 aliphatic rings. The van der Waals surface area contributed by atoms with Crippen molar-refractivity contribution in [2.24, 2.45) is 5.10 Å². The summed E-state index contributed by atoms with van der Waals surface area (Å²) in [5.41, 5.74) is 7.64. The van der Waals surface area contributed by atoms with Crippen LogP contribution in [-0.2, 0) is 6.54 Å². The van der Waals surface area contributed by atoms with Gasteiger partial charge in [0.1, 0.15) is 22.6 Å². The molecule has 0 aliphatic heterocycles. The smallest absolute Gasteiger partial charge is 0.197 e. The number of rotatable bonds is 5. The molecule has 0 radical (unpaired) electrons. The van der Waals surface area contributed by atoms with Crippen LogP contribution in [0.15, 0.2) is 70.4 Å². The molecule has 148 valence electrons. The summed E-state index contributed by atoms with van der Waals surface area (Å²) in [6.07, 6.45) is 3.13. The first-order valence-corrected chi connectivity index (χ1v) is 9.76. The number of aryl methyl sites for hydroxylation is 1. The molecule has 3 heterocycles. The summed E-state index contributed by atoms with van der Waals surface area (Å²) in [6, 6.07) is 17.8. The first kappa shape index (κ1) is 18.3. The van der Waals surface area contributed by atoms with Gasteiger partial charge >= 0.3 is 0 Å². The molecule has 8 heteroatoms. The van der Waals surface area contributed by atoms with Crippen molar-refractivity contribution in [1.29, 1.82) is 0 Å². The van der Waals surface area contributed by atoms with E-state index in [1.165, 1.54) is 6.33 Å². The van der Waals surface area contributed by atoms with E-state index in [9.17, 15) is 0 Å². The fourth-order valence-electron chi connectivity index (χ4n) is 3.34. The van der Waals surface area contributed by atoms with Crippen LogP contribution in [0.5, 0.6) is 0 Å². The van der Waals surface area contributed by atoms with Crippen LogP contribution in [0.3, 0.4) is 0 Å². The van der Waals surface area contributed by atoms with Gasteiger partial charge in [0, 0.05) is 5.39 Å². The van der Waals surface area contributed by atoms with Gasteiger partial charge in [-0.05, 0) is 24.6 Å². The zero-order valence-electron chi connectivity index (χ0n) is 16.1. The number of benzene rings is 2. The van der Waals surface area contributed by atoms with Crippen LogP contribution in [0, 0.1) is 6.92 Å². The number of anilines is 1. The van der Waals surface area contributed by atoms with Crippen molar-refractivity contribution < 1.29 is 4.42 Å². The predicted molar refractivity (Wildman–Crippen MR) is 118 cm³/mol. The Morgan fingerprint density at radius 3 is 2.77 bits per heavy atom. The third kappa shape index (κ3) is 3.29. The number of furan rings is 1. The van der Waals surface area contributed by atoms with Crippen LogP contribution >= 0.6 is 11.6 Å². The number of fused-ring (bicyclic) bond motifs is 3. The van der Waals surface area contributed by atoms with Gasteiger partial charge in [-0.25, -0.2) is 14.6 Å². The molecule has 0 atom stereocenters. The van der Waals surface area contributed by atoms with Gasteiger partial charge in [-0.2, -0.15) is 10.2 Å². The zero-order chi connectivity index (χ0) is 20.5. The highest BCUT2D eigenvalue weighted by Crippen LogP contribution is 2.30. The molecular formula is C22H17ClN6O. The second-order valence-corrected chi connectivity index (χ2v) is 7.16. The number of hydrogen-bond donors (Lipinski definition) is 1. The molecule has 0 bridgehead atoms. The molecule has 0 fully saturated rings. The first-order valence-electron chi connectivity index (χ1n) is 9.39. The number of halogens is 1. The Balaban J connectivity index is 1.41. The van der Waals surface area contributed by atoms with Gasteiger partial charge in [0.15, 0.2) is 11.4 Å². The number of aromatic nitrogens is 4. The lowest BCUT2D eigenvalue weighted by molar-refractivity contribution is 0.667. The van der Waals surface area contributed by atoms with Crippen LogP contribution < -0.4 is 5.43 Å². The molecule has 0 spiro atoms. The molecule has 0 saturated heterocycles. The van der Waals surface area contributed by atoms with Crippen LogP contribution in [0.2, 0.25) is 5.15 Å². The van der Waals surface area contributed by atoms with E-state index in [1.807, 2.05) is 61.5 Å². The topological polar surface area (TPSA) is 81.1 Å². The quantitative estimate of drug-likeness (QED) is 0.321. The first-order chi connectivity index (χ1) is 14.7. The van der Waals surface area contributed by atoms with E-state index < -0.39 is 0 Å². The molecule has 2 aromatic carbocycles. The molecule has 0 unspecified atom stereocenters. The van der Waals surface area contributed by atoms with E-state index in [0.717, 1.165) is 33.3 Å². The molecule has 5 rings (SSSR count). The summed E-state index contributed by atoms with van der Waals surface area (Å²) in [4.78, 5) is 8.59. The highest BCUT2D eigenvalue weighted by molar-refractivity contribution is 6.32. The van der Waals surface area contributed by atoms with Crippen molar-refractivity contribution >= 4 is 45.7 Å². The second kappa shape index (κ2) is 7.61. The number of hydrazone groups is 1. The van der Waals surface area contributed by atoms with Gasteiger partial charge in [0.25, 0.3) is 0 Å². The van der Waals surface area contributed by atoms with Crippen molar-refractivity contribution in [2.45, 2.75) is 13.5 Å². The van der Waals surface area contributed by atoms with Crippen molar-refractivity contribution in [3.05, 3.63) is 82.9 Å². The Labute approximate surface area is 177 Å². The van der Waals surface area contributed by atoms with Crippen molar-refractivity contribution in [2.75, 3.05) is 5.43 Å². The zero-order valence-corrected chi connectivity index (χ0v) is 16.8. The summed E-state index contributed by atoms with van der Waals surface area (Å²) >= 11 is 6.55. The van der Waals surface area contributed by atoms with E-state index in [1.54, 1.807) is 10.9 Å². The number of hydrogen-bond acceptors (Lipinski definition) is 6. The van der Waals surface area contributed by atoms with Gasteiger partial charge in [-0.1, -0.05) is 54.1 Å². The molecule has 7 nitrogen and oxygen atoms in total. The van der Waals surface area contributed by atoms with Gasteiger partial charge in [0.2, 0.25) is 0 Å². The maximum Gasteiger partial charge on any atom is 0.197 e. The molecule has 5 aromatic rings. The monoisotopic (exact) mass is 416 g/mol. The third-order valence-corrected chi connectivity index (χ3v) is 5.21. The summed E-state index contributed by atoms with van der Waals surface area (Å²) in [5, 5.41) is 10.3. The van der Waals surface area contributed by atoms with Gasteiger partial charge in [0.05, 0.1) is 24.0 Å². The summed E-state index contributed by atoms with van der Waals surface area (Å²) in [7, 11) is 0. The van der Waals surface area contributed by atoms with E-state index >= 15 is 0 Å². The fourth-order valence-corrected chi connectivity index (χ4v) is 3.62. The maximum atomic E-state index is 6.55. The highest BCUT2D eigenvalue weighted by Gasteiger charge is 2.14. The molecule has 0 saturated carbocycles. The molecule has 3 aromatic heterocycles. The number of nitrogens with zero attached hydrogens (tertiary/aromatic N) is 5. The minimum Gasteiger partial charge on any atom is -0.450 e. The molecular weight excluding hydrogens is 400 g/mol. The molecule has 30 heavy (non-hydrogen) atoms. The van der Waals surface area contributed by atoms with Crippen LogP contribution in [-0.4, -0.2) is 26.0 Å². The molecule has 0 aliphatic carbocycles. The van der Waals surface area contributed by atoms with E-state index in [0.29, 0.717) is 23.1 Å². The van der Waals surface area contributed by atoms with E-state index in [2.05, 4.69) is 25.6 Å². The third-order valence-electron chi connectivity index (χ3n) is 4.81. The number of para-hydroxylation sites is 1. The Bertz CT molecular complexity index is 1370. The second-order valence-electron chi connectivity index (χ2n) is 6.80. The van der Waals surface area contributed by atoms with Gasteiger partial charge in [-0.15, -0.1) is 0 Å². The molecule has 1 N–H and O–H groups in total. The average molecular weight is 417 g/mol. The van der Waals surface area contributed by atoms with Crippen LogP contribution in [0.1, 0.15) is 16.8 Å². The lowest BCUT2D eigenvalue weighted by Crippen LogP contribution is -2.02. The summed E-state index contributed by atoms with van der Waals surface area (Å²) < 4.78 is 7.66. The summed E-state index contributed by atoms with van der Waals surface area (Å²) in [6.45, 7) is 2.49. The van der Waals surface area contributed by atoms with Gasteiger partial charge in [-0.3, -0.25) is 5.43 Å². The minimum atomic E-state index is 0.484. The van der Waals surface area contributed by atoms with Crippen molar-refractivity contribution in [3.63, 3.8) is 0 Å². The van der Waals surface area contributed by atoms with Gasteiger partial charge < -0.3 is 4.42 Å². The highest BCUT2D eigenvalue weighted by atomic mass is 35.5. The SMILES string of the molecule is Cc1nn(Cc2ccccc2)c(Cl)c1/C=N\Nc1ncnc2c1oc1ccccc12. The number of nitrogens with one attached hydrogen (secondary N) is 1.